The number of aromatic nitrogens is 2. The predicted molar refractivity (Wildman–Crippen MR) is 86.5 cm³/mol. The van der Waals surface area contributed by atoms with Gasteiger partial charge in [0, 0.05) is 26.3 Å². The molecule has 0 aliphatic heterocycles. The van der Waals surface area contributed by atoms with Gasteiger partial charge < -0.3 is 0 Å². The number of rotatable bonds is 0. The van der Waals surface area contributed by atoms with E-state index in [4.69, 9.17) is 0 Å². The topological polar surface area (TPSA) is 17.3 Å². The maximum absolute atomic E-state index is 4.49. The SMILES string of the molecule is [Ir].[c-]1cc2ccccc2c2c3ccccc3c3ccnn3c12. The second-order valence-corrected chi connectivity index (χ2v) is 5.27. The first-order chi connectivity index (χ1) is 10.4. The molecule has 2 aromatic heterocycles. The predicted octanol–water partition coefficient (Wildman–Crippen LogP) is 4.59. The Balaban J connectivity index is 0.00000125. The monoisotopic (exact) mass is 460 g/mol. The third kappa shape index (κ3) is 1.67. The van der Waals surface area contributed by atoms with Crippen molar-refractivity contribution in [3.8, 4) is 0 Å². The molecule has 107 valence electrons. The van der Waals surface area contributed by atoms with Crippen molar-refractivity contribution in [3.05, 3.63) is 72.9 Å². The van der Waals surface area contributed by atoms with Crippen LogP contribution < -0.4 is 0 Å². The van der Waals surface area contributed by atoms with Gasteiger partial charge in [0.15, 0.2) is 0 Å². The molecule has 0 saturated heterocycles. The number of fused-ring (bicyclic) bond motifs is 8. The van der Waals surface area contributed by atoms with Crippen LogP contribution in [-0.2, 0) is 20.1 Å². The molecule has 0 N–H and O–H groups in total. The molecule has 22 heavy (non-hydrogen) atoms. The van der Waals surface area contributed by atoms with Crippen LogP contribution in [-0.4, -0.2) is 9.61 Å². The van der Waals surface area contributed by atoms with E-state index in [2.05, 4.69) is 65.8 Å². The Labute approximate surface area is 140 Å². The van der Waals surface area contributed by atoms with Gasteiger partial charge in [0.25, 0.3) is 0 Å². The molecule has 0 atom stereocenters. The van der Waals surface area contributed by atoms with Crippen molar-refractivity contribution in [2.24, 2.45) is 0 Å². The second kappa shape index (κ2) is 4.91. The van der Waals surface area contributed by atoms with Crippen LogP contribution in [0, 0.1) is 6.07 Å². The molecule has 2 heterocycles. The molecule has 5 aromatic rings. The third-order valence-electron chi connectivity index (χ3n) is 4.16. The van der Waals surface area contributed by atoms with Crippen molar-refractivity contribution in [1.29, 1.82) is 0 Å². The van der Waals surface area contributed by atoms with E-state index in [0.717, 1.165) is 11.0 Å². The molecule has 5 rings (SSSR count). The van der Waals surface area contributed by atoms with Gasteiger partial charge in [0.1, 0.15) is 0 Å². The Morgan fingerprint density at radius 2 is 1.55 bits per heavy atom. The van der Waals surface area contributed by atoms with Gasteiger partial charge in [-0.25, -0.2) is 0 Å². The molecule has 0 spiro atoms. The summed E-state index contributed by atoms with van der Waals surface area (Å²) in [5, 5.41) is 10.7. The zero-order chi connectivity index (χ0) is 13.8. The average Bonchev–Trinajstić information content (AvgIpc) is 3.04. The Kier molecular flexibility index (Phi) is 3.00. The Morgan fingerprint density at radius 1 is 0.818 bits per heavy atom. The van der Waals surface area contributed by atoms with E-state index in [9.17, 15) is 0 Å². The van der Waals surface area contributed by atoms with E-state index in [1.165, 1.54) is 26.9 Å². The van der Waals surface area contributed by atoms with Crippen LogP contribution in [0.25, 0.3) is 38.0 Å². The Hall–Kier alpha value is -2.22. The number of hydrogen-bond acceptors (Lipinski definition) is 1. The largest absolute Gasteiger partial charge is 0.257 e. The van der Waals surface area contributed by atoms with Crippen LogP contribution in [0.1, 0.15) is 0 Å². The molecular formula is C19H11IrN2-. The summed E-state index contributed by atoms with van der Waals surface area (Å²) < 4.78 is 1.99. The van der Waals surface area contributed by atoms with Crippen molar-refractivity contribution in [2.45, 2.75) is 0 Å². The minimum atomic E-state index is 0. The summed E-state index contributed by atoms with van der Waals surface area (Å²) in [4.78, 5) is 0. The number of hydrogen-bond donors (Lipinski definition) is 0. The van der Waals surface area contributed by atoms with Crippen molar-refractivity contribution in [3.63, 3.8) is 0 Å². The fourth-order valence-electron chi connectivity index (χ4n) is 3.25. The molecule has 2 nitrogen and oxygen atoms in total. The molecular weight excluding hydrogens is 448 g/mol. The van der Waals surface area contributed by atoms with Gasteiger partial charge in [-0.15, -0.1) is 16.8 Å². The maximum atomic E-state index is 4.49. The summed E-state index contributed by atoms with van der Waals surface area (Å²) in [5.74, 6) is 0. The number of nitrogens with zero attached hydrogens (tertiary/aromatic N) is 2. The fourth-order valence-corrected chi connectivity index (χ4v) is 3.25. The van der Waals surface area contributed by atoms with E-state index >= 15 is 0 Å². The van der Waals surface area contributed by atoms with Gasteiger partial charge in [-0.2, -0.15) is 17.2 Å². The van der Waals surface area contributed by atoms with E-state index in [1.807, 2.05) is 16.8 Å². The molecule has 0 bridgehead atoms. The van der Waals surface area contributed by atoms with Gasteiger partial charge in [-0.3, -0.25) is 4.52 Å². The number of benzene rings is 3. The molecule has 1 radical (unpaired) electrons. The Bertz CT molecular complexity index is 1140. The molecule has 3 heteroatoms. The summed E-state index contributed by atoms with van der Waals surface area (Å²) >= 11 is 0. The molecule has 0 fully saturated rings. The van der Waals surface area contributed by atoms with Crippen LogP contribution in [0.4, 0.5) is 0 Å². The number of pyridine rings is 1. The van der Waals surface area contributed by atoms with E-state index in [0.29, 0.717) is 0 Å². The fraction of sp³-hybridized carbons (Fsp3) is 0. The first-order valence-corrected chi connectivity index (χ1v) is 7.01. The van der Waals surface area contributed by atoms with Crippen molar-refractivity contribution in [1.82, 2.24) is 9.61 Å². The average molecular weight is 460 g/mol. The zero-order valence-electron chi connectivity index (χ0n) is 11.6. The van der Waals surface area contributed by atoms with Crippen molar-refractivity contribution < 1.29 is 20.1 Å². The third-order valence-corrected chi connectivity index (χ3v) is 4.16. The molecule has 0 saturated carbocycles. The summed E-state index contributed by atoms with van der Waals surface area (Å²) in [6.07, 6.45) is 1.85. The van der Waals surface area contributed by atoms with Crippen LogP contribution in [0.3, 0.4) is 0 Å². The quantitative estimate of drug-likeness (QED) is 0.245. The van der Waals surface area contributed by atoms with E-state index in [1.54, 1.807) is 0 Å². The first kappa shape index (κ1) is 13.4. The zero-order valence-corrected chi connectivity index (χ0v) is 14.0. The van der Waals surface area contributed by atoms with E-state index < -0.39 is 0 Å². The van der Waals surface area contributed by atoms with Crippen molar-refractivity contribution >= 4 is 38.0 Å². The van der Waals surface area contributed by atoms with Crippen LogP contribution in [0.15, 0.2) is 66.9 Å². The molecule has 0 unspecified atom stereocenters. The van der Waals surface area contributed by atoms with E-state index in [-0.39, 0.29) is 20.1 Å². The Morgan fingerprint density at radius 3 is 2.41 bits per heavy atom. The van der Waals surface area contributed by atoms with Crippen LogP contribution in [0.5, 0.6) is 0 Å². The molecule has 3 aromatic carbocycles. The molecule has 0 aliphatic rings. The maximum Gasteiger partial charge on any atom is 0.0711 e. The summed E-state index contributed by atoms with van der Waals surface area (Å²) in [6.45, 7) is 0. The first-order valence-electron chi connectivity index (χ1n) is 7.01. The van der Waals surface area contributed by atoms with Gasteiger partial charge in [0.05, 0.1) is 5.52 Å². The van der Waals surface area contributed by atoms with Gasteiger partial charge in [-0.1, -0.05) is 53.2 Å². The van der Waals surface area contributed by atoms with Crippen LogP contribution >= 0.6 is 0 Å². The molecule has 0 amide bonds. The normalized spacial score (nSPS) is 11.3. The minimum Gasteiger partial charge on any atom is -0.257 e. The van der Waals surface area contributed by atoms with Gasteiger partial charge in [-0.05, 0) is 17.0 Å². The smallest absolute Gasteiger partial charge is 0.0711 e. The van der Waals surface area contributed by atoms with Gasteiger partial charge in [0.2, 0.25) is 0 Å². The minimum absolute atomic E-state index is 0. The summed E-state index contributed by atoms with van der Waals surface area (Å²) in [7, 11) is 0. The molecule has 0 aliphatic carbocycles. The van der Waals surface area contributed by atoms with Crippen LogP contribution in [0.2, 0.25) is 0 Å². The summed E-state index contributed by atoms with van der Waals surface area (Å²) in [6, 6.07) is 24.5. The summed E-state index contributed by atoms with van der Waals surface area (Å²) in [5.41, 5.74) is 2.16. The van der Waals surface area contributed by atoms with Gasteiger partial charge >= 0.3 is 0 Å². The second-order valence-electron chi connectivity index (χ2n) is 5.27. The van der Waals surface area contributed by atoms with Crippen molar-refractivity contribution in [2.75, 3.05) is 0 Å². The standard InChI is InChI=1S/C19H11N2.Ir/c1-2-6-14-13(5-1)9-10-18-19(14)16-8-4-3-7-15(16)17-11-12-20-21(17)18;/h1-9,11-12H;/q-1;.